The Hall–Kier alpha value is -0.640. The van der Waals surface area contributed by atoms with Crippen molar-refractivity contribution >= 4 is 13.0 Å². The van der Waals surface area contributed by atoms with Gasteiger partial charge >= 0.3 is 7.60 Å². The van der Waals surface area contributed by atoms with E-state index in [4.69, 9.17) is 4.89 Å². The first-order valence-corrected chi connectivity index (χ1v) is 4.12. The van der Waals surface area contributed by atoms with Crippen LogP contribution in [-0.2, 0) is 9.09 Å². The Morgan fingerprint density at radius 2 is 2.60 bits per heavy atom. The fourth-order valence-corrected chi connectivity index (χ4v) is 1.13. The number of aromatic amines is 1. The minimum absolute atomic E-state index is 0.106. The molecule has 1 unspecified atom stereocenters. The van der Waals surface area contributed by atoms with Crippen LogP contribution < -0.4 is 5.44 Å². The van der Waals surface area contributed by atoms with E-state index in [1.807, 2.05) is 0 Å². The molecule has 0 saturated carbocycles. The van der Waals surface area contributed by atoms with Crippen molar-refractivity contribution in [2.75, 3.05) is 7.11 Å². The van der Waals surface area contributed by atoms with Crippen molar-refractivity contribution in [2.45, 2.75) is 0 Å². The number of imidazole rings is 1. The summed E-state index contributed by atoms with van der Waals surface area (Å²) in [5.74, 6) is 0. The first-order valence-electron chi connectivity index (χ1n) is 2.54. The van der Waals surface area contributed by atoms with Crippen molar-refractivity contribution in [2.24, 2.45) is 0 Å². The summed E-state index contributed by atoms with van der Waals surface area (Å²) in [5, 5.41) is 0. The molecule has 6 heteroatoms. The van der Waals surface area contributed by atoms with Gasteiger partial charge in [0.05, 0.1) is 12.5 Å². The van der Waals surface area contributed by atoms with Crippen LogP contribution in [0.5, 0.6) is 0 Å². The van der Waals surface area contributed by atoms with Gasteiger partial charge in [-0.15, -0.1) is 0 Å². The quantitative estimate of drug-likeness (QED) is 0.594. The Morgan fingerprint density at radius 3 is 3.00 bits per heavy atom. The average molecular weight is 162 g/mol. The third-order valence-corrected chi connectivity index (χ3v) is 2.38. The smallest absolute Gasteiger partial charge is 0.338 e. The summed E-state index contributed by atoms with van der Waals surface area (Å²) in [6, 6.07) is 0. The first-order chi connectivity index (χ1) is 4.67. The molecular weight excluding hydrogens is 155 g/mol. The summed E-state index contributed by atoms with van der Waals surface area (Å²) in [4.78, 5) is 15.0. The SMILES string of the molecule is COP(=O)(O)c1cnc[nH]1. The Labute approximate surface area is 57.6 Å². The minimum Gasteiger partial charge on any atom is -0.338 e. The van der Waals surface area contributed by atoms with Gasteiger partial charge in [0.25, 0.3) is 0 Å². The maximum atomic E-state index is 10.9. The van der Waals surface area contributed by atoms with Crippen molar-refractivity contribution in [1.82, 2.24) is 9.97 Å². The summed E-state index contributed by atoms with van der Waals surface area (Å²) in [6.45, 7) is 0. The molecule has 0 aromatic carbocycles. The molecule has 0 aliphatic rings. The van der Waals surface area contributed by atoms with Gasteiger partial charge in [0.15, 0.2) is 0 Å². The van der Waals surface area contributed by atoms with E-state index < -0.39 is 7.60 Å². The van der Waals surface area contributed by atoms with Crippen molar-refractivity contribution in [1.29, 1.82) is 0 Å². The van der Waals surface area contributed by atoms with Crippen molar-refractivity contribution in [3.63, 3.8) is 0 Å². The number of nitrogens with zero attached hydrogens (tertiary/aromatic N) is 1. The second-order valence-corrected chi connectivity index (χ2v) is 3.53. The van der Waals surface area contributed by atoms with Crippen LogP contribution >= 0.6 is 7.60 Å². The maximum absolute atomic E-state index is 10.9. The second kappa shape index (κ2) is 2.54. The Bertz CT molecular complexity index is 245. The lowest BCUT2D eigenvalue weighted by Gasteiger charge is -2.03. The van der Waals surface area contributed by atoms with Crippen LogP contribution in [0.4, 0.5) is 0 Å². The molecule has 0 bridgehead atoms. The predicted octanol–water partition coefficient (Wildman–Crippen LogP) is -0.133. The highest BCUT2D eigenvalue weighted by Crippen LogP contribution is 2.37. The number of hydrogen-bond donors (Lipinski definition) is 2. The molecule has 0 amide bonds. The third kappa shape index (κ3) is 1.26. The average Bonchev–Trinajstić information content (AvgIpc) is 2.38. The van der Waals surface area contributed by atoms with Gasteiger partial charge in [-0.25, -0.2) is 4.98 Å². The molecule has 2 N–H and O–H groups in total. The van der Waals surface area contributed by atoms with Gasteiger partial charge in [-0.05, 0) is 0 Å². The molecule has 1 atom stereocenters. The van der Waals surface area contributed by atoms with E-state index >= 15 is 0 Å². The Balaban J connectivity index is 2.97. The fraction of sp³-hybridized carbons (Fsp3) is 0.250. The lowest BCUT2D eigenvalue weighted by molar-refractivity contribution is 0.327. The molecule has 10 heavy (non-hydrogen) atoms. The molecule has 5 nitrogen and oxygen atoms in total. The predicted molar refractivity (Wildman–Crippen MR) is 35.1 cm³/mol. The number of rotatable bonds is 2. The van der Waals surface area contributed by atoms with Gasteiger partial charge in [0.2, 0.25) is 0 Å². The van der Waals surface area contributed by atoms with E-state index in [-0.39, 0.29) is 5.44 Å². The van der Waals surface area contributed by atoms with E-state index in [9.17, 15) is 4.57 Å². The molecule has 1 aromatic rings. The molecule has 0 fully saturated rings. The molecule has 0 aliphatic heterocycles. The summed E-state index contributed by atoms with van der Waals surface area (Å²) >= 11 is 0. The molecule has 1 heterocycles. The van der Waals surface area contributed by atoms with Crippen LogP contribution in [0.2, 0.25) is 0 Å². The summed E-state index contributed by atoms with van der Waals surface area (Å²) < 4.78 is 15.2. The summed E-state index contributed by atoms with van der Waals surface area (Å²) in [5.41, 5.74) is 0.106. The molecule has 0 spiro atoms. The van der Waals surface area contributed by atoms with Crippen LogP contribution in [0, 0.1) is 0 Å². The highest BCUT2D eigenvalue weighted by Gasteiger charge is 2.21. The minimum atomic E-state index is -3.60. The lowest BCUT2D eigenvalue weighted by atomic mass is 11.0. The molecule has 0 saturated heterocycles. The first kappa shape index (κ1) is 7.47. The molecular formula is C4H7N2O3P. The standard InChI is InChI=1S/C4H7N2O3P/c1-9-10(7,8)4-2-5-3-6-4/h2-3H,1H3,(H,5,6)(H,7,8). The van der Waals surface area contributed by atoms with Gasteiger partial charge in [0, 0.05) is 7.11 Å². The zero-order valence-corrected chi connectivity index (χ0v) is 6.21. The molecule has 56 valence electrons. The number of nitrogens with one attached hydrogen (secondary N) is 1. The van der Waals surface area contributed by atoms with Crippen LogP contribution in [0.3, 0.4) is 0 Å². The van der Waals surface area contributed by atoms with Gasteiger partial charge in [-0.3, -0.25) is 4.57 Å². The number of hydrogen-bond acceptors (Lipinski definition) is 3. The van der Waals surface area contributed by atoms with Gasteiger partial charge in [-0.1, -0.05) is 0 Å². The number of H-pyrrole nitrogens is 1. The van der Waals surface area contributed by atoms with Crippen molar-refractivity contribution in [3.8, 4) is 0 Å². The molecule has 1 aromatic heterocycles. The maximum Gasteiger partial charge on any atom is 0.376 e. The summed E-state index contributed by atoms with van der Waals surface area (Å²) in [7, 11) is -2.43. The lowest BCUT2D eigenvalue weighted by Crippen LogP contribution is -2.05. The van der Waals surface area contributed by atoms with Gasteiger partial charge < -0.3 is 14.4 Å². The highest BCUT2D eigenvalue weighted by molar-refractivity contribution is 7.60. The zero-order valence-electron chi connectivity index (χ0n) is 5.31. The molecule has 0 aliphatic carbocycles. The zero-order chi connectivity index (χ0) is 7.61. The van der Waals surface area contributed by atoms with E-state index in [1.54, 1.807) is 0 Å². The van der Waals surface area contributed by atoms with E-state index in [2.05, 4.69) is 14.5 Å². The van der Waals surface area contributed by atoms with E-state index in [1.165, 1.54) is 19.6 Å². The Morgan fingerprint density at radius 1 is 1.90 bits per heavy atom. The van der Waals surface area contributed by atoms with Crippen LogP contribution in [-0.4, -0.2) is 22.0 Å². The largest absolute Gasteiger partial charge is 0.376 e. The van der Waals surface area contributed by atoms with Crippen molar-refractivity contribution in [3.05, 3.63) is 12.5 Å². The van der Waals surface area contributed by atoms with Gasteiger partial charge in [0.1, 0.15) is 5.44 Å². The number of aromatic nitrogens is 2. The monoisotopic (exact) mass is 162 g/mol. The third-order valence-electron chi connectivity index (χ3n) is 1.04. The Kier molecular flexibility index (Phi) is 1.89. The van der Waals surface area contributed by atoms with Crippen LogP contribution in [0.15, 0.2) is 12.5 Å². The van der Waals surface area contributed by atoms with Gasteiger partial charge in [-0.2, -0.15) is 0 Å². The normalized spacial score (nSPS) is 16.6. The van der Waals surface area contributed by atoms with E-state index in [0.717, 1.165) is 0 Å². The van der Waals surface area contributed by atoms with Crippen LogP contribution in [0.1, 0.15) is 0 Å². The van der Waals surface area contributed by atoms with Crippen molar-refractivity contribution < 1.29 is 14.0 Å². The van der Waals surface area contributed by atoms with E-state index in [0.29, 0.717) is 0 Å². The van der Waals surface area contributed by atoms with Crippen LogP contribution in [0.25, 0.3) is 0 Å². The fourth-order valence-electron chi connectivity index (χ4n) is 0.501. The molecule has 1 rings (SSSR count). The second-order valence-electron chi connectivity index (χ2n) is 1.64. The summed E-state index contributed by atoms with van der Waals surface area (Å²) in [6.07, 6.45) is 2.57. The highest BCUT2D eigenvalue weighted by atomic mass is 31.2. The topological polar surface area (TPSA) is 75.2 Å². The molecule has 0 radical (unpaired) electrons.